The van der Waals surface area contributed by atoms with Crippen molar-refractivity contribution < 1.29 is 4.79 Å². The van der Waals surface area contributed by atoms with Crippen LogP contribution >= 0.6 is 15.9 Å². The van der Waals surface area contributed by atoms with Crippen LogP contribution in [0.15, 0.2) is 29.1 Å². The zero-order chi connectivity index (χ0) is 15.0. The van der Waals surface area contributed by atoms with Crippen LogP contribution in [0.2, 0.25) is 0 Å². The number of carbonyl (C=O) groups is 1. The molecule has 7 nitrogen and oxygen atoms in total. The van der Waals surface area contributed by atoms with Crippen molar-refractivity contribution in [2.75, 3.05) is 0 Å². The minimum Gasteiger partial charge on any atom is -0.346 e. The van der Waals surface area contributed by atoms with Gasteiger partial charge in [0.15, 0.2) is 11.3 Å². The first-order valence-electron chi connectivity index (χ1n) is 6.32. The van der Waals surface area contributed by atoms with Crippen LogP contribution in [0.25, 0.3) is 5.65 Å². The fraction of sp³-hybridized carbons (Fsp3) is 0.231. The molecule has 8 heteroatoms. The van der Waals surface area contributed by atoms with E-state index in [2.05, 4.69) is 36.4 Å². The van der Waals surface area contributed by atoms with Gasteiger partial charge >= 0.3 is 0 Å². The van der Waals surface area contributed by atoms with Crippen molar-refractivity contribution in [3.05, 3.63) is 46.1 Å². The molecule has 1 amide bonds. The first-order chi connectivity index (χ1) is 10.1. The molecule has 0 fully saturated rings. The Hall–Kier alpha value is -2.22. The Labute approximate surface area is 129 Å². The summed E-state index contributed by atoms with van der Waals surface area (Å²) in [7, 11) is 1.87. The predicted octanol–water partition coefficient (Wildman–Crippen LogP) is 1.46. The molecule has 0 unspecified atom stereocenters. The smallest absolute Gasteiger partial charge is 0.273 e. The van der Waals surface area contributed by atoms with Gasteiger partial charge in [-0.15, -0.1) is 0 Å². The first-order valence-corrected chi connectivity index (χ1v) is 7.11. The number of nitrogens with one attached hydrogen (secondary N) is 1. The van der Waals surface area contributed by atoms with Crippen LogP contribution in [-0.4, -0.2) is 30.3 Å². The molecule has 0 aliphatic rings. The van der Waals surface area contributed by atoms with Gasteiger partial charge in [0.2, 0.25) is 0 Å². The second-order valence-electron chi connectivity index (χ2n) is 4.61. The SMILES string of the molecule is Cc1c(CNC(=O)c2nn3cccnc3c2Br)cnn1C. The summed E-state index contributed by atoms with van der Waals surface area (Å²) in [6.07, 6.45) is 5.15. The molecule has 0 spiro atoms. The largest absolute Gasteiger partial charge is 0.346 e. The zero-order valence-corrected chi connectivity index (χ0v) is 13.1. The predicted molar refractivity (Wildman–Crippen MR) is 79.8 cm³/mol. The van der Waals surface area contributed by atoms with E-state index < -0.39 is 0 Å². The normalized spacial score (nSPS) is 11.0. The van der Waals surface area contributed by atoms with Crippen molar-refractivity contribution in [2.45, 2.75) is 13.5 Å². The Morgan fingerprint density at radius 3 is 2.95 bits per heavy atom. The number of hydrogen-bond donors (Lipinski definition) is 1. The third-order valence-electron chi connectivity index (χ3n) is 3.33. The topological polar surface area (TPSA) is 77.1 Å². The fourth-order valence-corrected chi connectivity index (χ4v) is 2.52. The highest BCUT2D eigenvalue weighted by Crippen LogP contribution is 2.20. The summed E-state index contributed by atoms with van der Waals surface area (Å²) in [5.41, 5.74) is 2.92. The van der Waals surface area contributed by atoms with E-state index in [4.69, 9.17) is 0 Å². The van der Waals surface area contributed by atoms with Crippen LogP contribution in [0.1, 0.15) is 21.7 Å². The van der Waals surface area contributed by atoms with Gasteiger partial charge in [0.1, 0.15) is 0 Å². The molecule has 0 aliphatic carbocycles. The van der Waals surface area contributed by atoms with E-state index in [9.17, 15) is 4.79 Å². The number of aryl methyl sites for hydroxylation is 1. The molecule has 0 bridgehead atoms. The highest BCUT2D eigenvalue weighted by molar-refractivity contribution is 9.10. The molecule has 3 aromatic heterocycles. The van der Waals surface area contributed by atoms with Gasteiger partial charge in [-0.3, -0.25) is 9.48 Å². The van der Waals surface area contributed by atoms with Crippen LogP contribution in [0, 0.1) is 6.92 Å². The molecule has 0 saturated carbocycles. The minimum absolute atomic E-state index is 0.254. The summed E-state index contributed by atoms with van der Waals surface area (Å²) in [5.74, 6) is -0.254. The van der Waals surface area contributed by atoms with E-state index in [-0.39, 0.29) is 5.91 Å². The lowest BCUT2D eigenvalue weighted by atomic mass is 10.2. The molecule has 0 aliphatic heterocycles. The number of amides is 1. The van der Waals surface area contributed by atoms with E-state index in [1.807, 2.05) is 14.0 Å². The number of carbonyl (C=O) groups excluding carboxylic acids is 1. The summed E-state index contributed by atoms with van der Waals surface area (Å²) < 4.78 is 3.92. The van der Waals surface area contributed by atoms with Crippen molar-refractivity contribution >= 4 is 27.5 Å². The van der Waals surface area contributed by atoms with Gasteiger partial charge in [-0.2, -0.15) is 10.2 Å². The lowest BCUT2D eigenvalue weighted by Gasteiger charge is -2.03. The van der Waals surface area contributed by atoms with Crippen molar-refractivity contribution in [1.82, 2.24) is 29.7 Å². The van der Waals surface area contributed by atoms with Crippen molar-refractivity contribution in [3.63, 3.8) is 0 Å². The first kappa shape index (κ1) is 13.7. The fourth-order valence-electron chi connectivity index (χ4n) is 1.98. The van der Waals surface area contributed by atoms with E-state index in [1.54, 1.807) is 33.9 Å². The quantitative estimate of drug-likeness (QED) is 0.777. The Balaban J connectivity index is 1.81. The summed E-state index contributed by atoms with van der Waals surface area (Å²) in [4.78, 5) is 16.4. The van der Waals surface area contributed by atoms with Crippen LogP contribution < -0.4 is 5.32 Å². The van der Waals surface area contributed by atoms with Gasteiger partial charge in [-0.1, -0.05) is 0 Å². The molecule has 0 atom stereocenters. The third-order valence-corrected chi connectivity index (χ3v) is 4.06. The lowest BCUT2D eigenvalue weighted by Crippen LogP contribution is -2.23. The Morgan fingerprint density at radius 1 is 1.48 bits per heavy atom. The van der Waals surface area contributed by atoms with Crippen molar-refractivity contribution in [3.8, 4) is 0 Å². The number of fused-ring (bicyclic) bond motifs is 1. The van der Waals surface area contributed by atoms with Crippen molar-refractivity contribution in [1.29, 1.82) is 0 Å². The van der Waals surface area contributed by atoms with E-state index in [0.29, 0.717) is 22.4 Å². The lowest BCUT2D eigenvalue weighted by molar-refractivity contribution is 0.0945. The molecule has 3 aromatic rings. The molecular formula is C13H13BrN6O. The van der Waals surface area contributed by atoms with Gasteiger partial charge in [-0.05, 0) is 28.9 Å². The van der Waals surface area contributed by atoms with Crippen LogP contribution in [0.4, 0.5) is 0 Å². The third kappa shape index (κ3) is 2.42. The standard InChI is InChI=1S/C13H13BrN6O/c1-8-9(7-17-19(8)2)6-16-13(21)11-10(14)12-15-4-3-5-20(12)18-11/h3-5,7H,6H2,1-2H3,(H,16,21). The van der Waals surface area contributed by atoms with Gasteiger partial charge in [0.05, 0.1) is 10.7 Å². The molecule has 3 heterocycles. The second-order valence-corrected chi connectivity index (χ2v) is 5.40. The molecule has 3 rings (SSSR count). The molecule has 1 N–H and O–H groups in total. The maximum atomic E-state index is 12.3. The zero-order valence-electron chi connectivity index (χ0n) is 11.5. The van der Waals surface area contributed by atoms with Crippen molar-refractivity contribution in [2.24, 2.45) is 7.05 Å². The summed E-state index contributed by atoms with van der Waals surface area (Å²) in [6, 6.07) is 1.76. The maximum absolute atomic E-state index is 12.3. The average Bonchev–Trinajstić information content (AvgIpc) is 2.99. The van der Waals surface area contributed by atoms with Gasteiger partial charge < -0.3 is 5.32 Å². The highest BCUT2D eigenvalue weighted by atomic mass is 79.9. The number of halogens is 1. The average molecular weight is 349 g/mol. The number of hydrogen-bond acceptors (Lipinski definition) is 4. The Morgan fingerprint density at radius 2 is 2.29 bits per heavy atom. The summed E-state index contributed by atoms with van der Waals surface area (Å²) in [5, 5.41) is 11.2. The molecular weight excluding hydrogens is 336 g/mol. The molecule has 0 saturated heterocycles. The Kier molecular flexibility index (Phi) is 3.46. The van der Waals surface area contributed by atoms with E-state index >= 15 is 0 Å². The monoisotopic (exact) mass is 348 g/mol. The minimum atomic E-state index is -0.254. The molecule has 21 heavy (non-hydrogen) atoms. The van der Waals surface area contributed by atoms with Gasteiger partial charge in [-0.25, -0.2) is 9.50 Å². The van der Waals surface area contributed by atoms with Crippen LogP contribution in [-0.2, 0) is 13.6 Å². The highest BCUT2D eigenvalue weighted by Gasteiger charge is 2.18. The Bertz CT molecular complexity index is 821. The molecule has 0 aromatic carbocycles. The summed E-state index contributed by atoms with van der Waals surface area (Å²) in [6.45, 7) is 2.37. The van der Waals surface area contributed by atoms with Crippen LogP contribution in [0.5, 0.6) is 0 Å². The van der Waals surface area contributed by atoms with Crippen LogP contribution in [0.3, 0.4) is 0 Å². The number of aromatic nitrogens is 5. The molecule has 0 radical (unpaired) electrons. The second kappa shape index (κ2) is 5.28. The van der Waals surface area contributed by atoms with Gasteiger partial charge in [0.25, 0.3) is 5.91 Å². The van der Waals surface area contributed by atoms with E-state index in [0.717, 1.165) is 11.3 Å². The molecule has 108 valence electrons. The maximum Gasteiger partial charge on any atom is 0.273 e. The number of rotatable bonds is 3. The number of nitrogens with zero attached hydrogens (tertiary/aromatic N) is 5. The van der Waals surface area contributed by atoms with E-state index in [1.165, 1.54) is 0 Å². The van der Waals surface area contributed by atoms with Gasteiger partial charge in [0, 0.05) is 37.2 Å². The summed E-state index contributed by atoms with van der Waals surface area (Å²) >= 11 is 3.37.